The summed E-state index contributed by atoms with van der Waals surface area (Å²) >= 11 is 0. The van der Waals surface area contributed by atoms with Gasteiger partial charge in [0.15, 0.2) is 0 Å². The molecule has 0 radical (unpaired) electrons. The summed E-state index contributed by atoms with van der Waals surface area (Å²) in [5.41, 5.74) is 1.47. The monoisotopic (exact) mass is 441 g/mol. The molecule has 0 saturated heterocycles. The number of carbonyl (C=O) groups excluding carboxylic acids is 1. The van der Waals surface area contributed by atoms with Crippen molar-refractivity contribution in [1.29, 1.82) is 0 Å². The summed E-state index contributed by atoms with van der Waals surface area (Å²) in [6.45, 7) is 4.00. The fourth-order valence-electron chi connectivity index (χ4n) is 2.94. The van der Waals surface area contributed by atoms with Gasteiger partial charge in [-0.1, -0.05) is 6.07 Å². The molecular weight excluding hydrogens is 418 g/mol. The zero-order valence-electron chi connectivity index (χ0n) is 17.4. The van der Waals surface area contributed by atoms with Crippen LogP contribution in [-0.2, 0) is 16.6 Å². The number of aromatic nitrogens is 1. The first-order valence-electron chi connectivity index (χ1n) is 9.53. The predicted octanol–water partition coefficient (Wildman–Crippen LogP) is 3.24. The van der Waals surface area contributed by atoms with Crippen LogP contribution in [0, 0.1) is 6.92 Å². The van der Waals surface area contributed by atoms with Crippen molar-refractivity contribution in [2.24, 2.45) is 0 Å². The third kappa shape index (κ3) is 5.13. The third-order valence-corrected chi connectivity index (χ3v) is 6.07. The van der Waals surface area contributed by atoms with Gasteiger partial charge in [0.2, 0.25) is 0 Å². The summed E-state index contributed by atoms with van der Waals surface area (Å²) < 4.78 is 34.6. The Bertz CT molecular complexity index is 1270. The molecule has 1 amide bonds. The van der Waals surface area contributed by atoms with Crippen LogP contribution in [0.15, 0.2) is 70.5 Å². The number of amides is 1. The van der Waals surface area contributed by atoms with Gasteiger partial charge >= 0.3 is 0 Å². The minimum Gasteiger partial charge on any atom is -0.497 e. The van der Waals surface area contributed by atoms with Gasteiger partial charge in [-0.2, -0.15) is 0 Å². The Kier molecular flexibility index (Phi) is 6.45. The predicted molar refractivity (Wildman–Crippen MR) is 119 cm³/mol. The highest BCUT2D eigenvalue weighted by molar-refractivity contribution is 7.92. The van der Waals surface area contributed by atoms with E-state index in [0.717, 1.165) is 0 Å². The Labute approximate surface area is 180 Å². The first-order chi connectivity index (χ1) is 14.7. The van der Waals surface area contributed by atoms with E-state index in [9.17, 15) is 18.0 Å². The summed E-state index contributed by atoms with van der Waals surface area (Å²) in [5.74, 6) is 0.131. The van der Waals surface area contributed by atoms with Crippen LogP contribution >= 0.6 is 0 Å². The molecule has 0 atom stereocenters. The number of rotatable bonds is 7. The largest absolute Gasteiger partial charge is 0.497 e. The maximum Gasteiger partial charge on any atom is 0.261 e. The molecule has 162 valence electrons. The van der Waals surface area contributed by atoms with E-state index in [1.807, 2.05) is 6.92 Å². The molecular formula is C22H23N3O5S. The van der Waals surface area contributed by atoms with E-state index in [-0.39, 0.29) is 16.0 Å². The number of hydrogen-bond acceptors (Lipinski definition) is 5. The molecule has 0 aliphatic carbocycles. The van der Waals surface area contributed by atoms with Crippen molar-refractivity contribution in [2.45, 2.75) is 25.3 Å². The summed E-state index contributed by atoms with van der Waals surface area (Å²) in [5, 5.41) is 2.71. The molecule has 3 rings (SSSR count). The first-order valence-corrected chi connectivity index (χ1v) is 11.0. The molecule has 0 fully saturated rings. The maximum absolute atomic E-state index is 12.8. The topological polar surface area (TPSA) is 106 Å². The van der Waals surface area contributed by atoms with E-state index in [2.05, 4.69) is 10.0 Å². The molecule has 2 aromatic carbocycles. The Hall–Kier alpha value is -3.59. The van der Waals surface area contributed by atoms with Crippen LogP contribution in [0.1, 0.15) is 22.8 Å². The average molecular weight is 442 g/mol. The molecule has 8 nitrogen and oxygen atoms in total. The van der Waals surface area contributed by atoms with E-state index in [4.69, 9.17) is 4.74 Å². The quantitative estimate of drug-likeness (QED) is 0.585. The molecule has 0 spiro atoms. The first kappa shape index (κ1) is 22.1. The molecule has 3 aromatic rings. The Morgan fingerprint density at radius 2 is 1.71 bits per heavy atom. The van der Waals surface area contributed by atoms with Gasteiger partial charge in [0, 0.05) is 30.1 Å². The molecule has 1 heterocycles. The fourth-order valence-corrected chi connectivity index (χ4v) is 4.02. The van der Waals surface area contributed by atoms with Gasteiger partial charge in [-0.15, -0.1) is 0 Å². The maximum atomic E-state index is 12.8. The Morgan fingerprint density at radius 3 is 2.35 bits per heavy atom. The van der Waals surface area contributed by atoms with Crippen LogP contribution in [-0.4, -0.2) is 26.0 Å². The lowest BCUT2D eigenvalue weighted by Crippen LogP contribution is -2.20. The second-order valence-corrected chi connectivity index (χ2v) is 8.49. The molecule has 31 heavy (non-hydrogen) atoms. The van der Waals surface area contributed by atoms with Crippen molar-refractivity contribution in [3.8, 4) is 5.75 Å². The summed E-state index contributed by atoms with van der Waals surface area (Å²) in [6.07, 6.45) is 1.54. The van der Waals surface area contributed by atoms with Gasteiger partial charge in [0.25, 0.3) is 21.5 Å². The molecule has 0 saturated carbocycles. The molecule has 0 aliphatic heterocycles. The van der Waals surface area contributed by atoms with Crippen molar-refractivity contribution < 1.29 is 17.9 Å². The molecule has 0 aliphatic rings. The SMILES string of the molecule is CCn1cc(NC(=O)c2cc(S(=O)(=O)Nc3ccc(OC)cc3)ccc2C)ccc1=O. The number of carbonyl (C=O) groups is 1. The van der Waals surface area contributed by atoms with E-state index in [0.29, 0.717) is 29.2 Å². The number of pyridine rings is 1. The summed E-state index contributed by atoms with van der Waals surface area (Å²) in [6, 6.07) is 13.7. The van der Waals surface area contributed by atoms with Gasteiger partial charge in [-0.05, 0) is 61.9 Å². The van der Waals surface area contributed by atoms with Crippen molar-refractivity contribution >= 4 is 27.3 Å². The highest BCUT2D eigenvalue weighted by atomic mass is 32.2. The standard InChI is InChI=1S/C22H23N3O5S/c1-4-25-14-17(8-12-21(25)26)23-22(27)20-13-19(11-5-15(20)2)31(28,29)24-16-6-9-18(30-3)10-7-16/h5-14,24H,4H2,1-3H3,(H,23,27). The number of nitrogens with one attached hydrogen (secondary N) is 2. The lowest BCUT2D eigenvalue weighted by molar-refractivity contribution is 0.102. The van der Waals surface area contributed by atoms with E-state index in [1.165, 1.54) is 35.9 Å². The Morgan fingerprint density at radius 1 is 1.03 bits per heavy atom. The molecule has 1 aromatic heterocycles. The van der Waals surface area contributed by atoms with Crippen molar-refractivity contribution in [3.63, 3.8) is 0 Å². The summed E-state index contributed by atoms with van der Waals surface area (Å²) in [7, 11) is -2.39. The minimum absolute atomic E-state index is 0.0439. The van der Waals surface area contributed by atoms with Gasteiger partial charge < -0.3 is 14.6 Å². The molecule has 2 N–H and O–H groups in total. The smallest absolute Gasteiger partial charge is 0.261 e. The highest BCUT2D eigenvalue weighted by Crippen LogP contribution is 2.22. The van der Waals surface area contributed by atoms with Crippen molar-refractivity contribution in [3.05, 3.63) is 82.3 Å². The minimum atomic E-state index is -3.91. The van der Waals surface area contributed by atoms with Crippen LogP contribution < -0.4 is 20.3 Å². The second kappa shape index (κ2) is 9.05. The van der Waals surface area contributed by atoms with Crippen LogP contribution in [0.3, 0.4) is 0 Å². The average Bonchev–Trinajstić information content (AvgIpc) is 2.75. The van der Waals surface area contributed by atoms with Crippen molar-refractivity contribution in [2.75, 3.05) is 17.1 Å². The molecule has 0 unspecified atom stereocenters. The number of hydrogen-bond donors (Lipinski definition) is 2. The van der Waals surface area contributed by atoms with Crippen molar-refractivity contribution in [1.82, 2.24) is 4.57 Å². The normalized spacial score (nSPS) is 11.1. The fraction of sp³-hybridized carbons (Fsp3) is 0.182. The van der Waals surface area contributed by atoms with E-state index in [1.54, 1.807) is 43.5 Å². The molecule has 9 heteroatoms. The second-order valence-electron chi connectivity index (χ2n) is 6.81. The van der Waals surface area contributed by atoms with Crippen LogP contribution in [0.4, 0.5) is 11.4 Å². The number of benzene rings is 2. The number of ether oxygens (including phenoxy) is 1. The Balaban J connectivity index is 1.86. The number of sulfonamides is 1. The molecule has 0 bridgehead atoms. The highest BCUT2D eigenvalue weighted by Gasteiger charge is 2.19. The van der Waals surface area contributed by atoms with E-state index >= 15 is 0 Å². The van der Waals surface area contributed by atoms with Gasteiger partial charge in [0.05, 0.1) is 17.7 Å². The third-order valence-electron chi connectivity index (χ3n) is 4.69. The van der Waals surface area contributed by atoms with Crippen LogP contribution in [0.2, 0.25) is 0 Å². The number of nitrogens with zero attached hydrogens (tertiary/aromatic N) is 1. The number of aryl methyl sites for hydroxylation is 2. The summed E-state index contributed by atoms with van der Waals surface area (Å²) in [4.78, 5) is 24.5. The van der Waals surface area contributed by atoms with Crippen LogP contribution in [0.5, 0.6) is 5.75 Å². The lowest BCUT2D eigenvalue weighted by atomic mass is 10.1. The zero-order valence-corrected chi connectivity index (χ0v) is 18.2. The number of anilines is 2. The lowest BCUT2D eigenvalue weighted by Gasteiger charge is -2.13. The number of methoxy groups -OCH3 is 1. The van der Waals surface area contributed by atoms with Gasteiger partial charge in [0.1, 0.15) is 5.75 Å². The zero-order chi connectivity index (χ0) is 22.6. The van der Waals surface area contributed by atoms with E-state index < -0.39 is 15.9 Å². The van der Waals surface area contributed by atoms with Gasteiger partial charge in [-0.25, -0.2) is 8.42 Å². The van der Waals surface area contributed by atoms with Crippen LogP contribution in [0.25, 0.3) is 0 Å². The van der Waals surface area contributed by atoms with Gasteiger partial charge in [-0.3, -0.25) is 14.3 Å².